The highest BCUT2D eigenvalue weighted by Crippen LogP contribution is 2.24. The summed E-state index contributed by atoms with van der Waals surface area (Å²) < 4.78 is 16.2. The summed E-state index contributed by atoms with van der Waals surface area (Å²) in [5.74, 6) is 0.0726. The van der Waals surface area contributed by atoms with Gasteiger partial charge in [0.25, 0.3) is 5.91 Å². The minimum absolute atomic E-state index is 0.187. The minimum atomic E-state index is -0.370. The number of carbonyl (C=O) groups is 1. The number of rotatable bonds is 5. The Bertz CT molecular complexity index is 1160. The summed E-state index contributed by atoms with van der Waals surface area (Å²) in [7, 11) is 0. The second-order valence-electron chi connectivity index (χ2n) is 6.85. The van der Waals surface area contributed by atoms with Gasteiger partial charge in [0.2, 0.25) is 0 Å². The fourth-order valence-electron chi connectivity index (χ4n) is 3.24. The van der Waals surface area contributed by atoms with Gasteiger partial charge in [0.15, 0.2) is 0 Å². The zero-order valence-electron chi connectivity index (χ0n) is 15.8. The first kappa shape index (κ1) is 19.2. The molecular formula is C23H19ClFN3O. The molecule has 0 aliphatic rings. The van der Waals surface area contributed by atoms with Crippen molar-refractivity contribution in [1.82, 2.24) is 14.9 Å². The van der Waals surface area contributed by atoms with E-state index in [1.165, 1.54) is 6.07 Å². The van der Waals surface area contributed by atoms with Crippen LogP contribution in [0.3, 0.4) is 0 Å². The van der Waals surface area contributed by atoms with Gasteiger partial charge in [-0.1, -0.05) is 47.5 Å². The zero-order chi connectivity index (χ0) is 20.4. The third kappa shape index (κ3) is 4.00. The Kier molecular flexibility index (Phi) is 5.32. The molecule has 0 fully saturated rings. The van der Waals surface area contributed by atoms with Crippen molar-refractivity contribution in [2.45, 2.75) is 20.0 Å². The third-order valence-electron chi connectivity index (χ3n) is 4.83. The number of hydrogen-bond donors (Lipinski definition) is 1. The van der Waals surface area contributed by atoms with Crippen LogP contribution in [0.15, 0.2) is 66.7 Å². The van der Waals surface area contributed by atoms with Gasteiger partial charge in [-0.25, -0.2) is 9.37 Å². The van der Waals surface area contributed by atoms with Crippen molar-refractivity contribution in [3.05, 3.63) is 100 Å². The van der Waals surface area contributed by atoms with Gasteiger partial charge in [-0.2, -0.15) is 0 Å². The molecule has 1 heterocycles. The van der Waals surface area contributed by atoms with E-state index in [2.05, 4.69) is 10.3 Å². The van der Waals surface area contributed by atoms with E-state index in [-0.39, 0.29) is 24.8 Å². The standard InChI is InChI=1S/C23H19ClFN3O/c1-15-9-11-16(12-10-15)23(29)26-13-22-27-20-7-2-3-8-21(20)28(22)14-17-18(24)5-4-6-19(17)25/h2-12H,13-14H2,1H3,(H,26,29). The summed E-state index contributed by atoms with van der Waals surface area (Å²) in [6, 6.07) is 19.6. The van der Waals surface area contributed by atoms with Gasteiger partial charge < -0.3 is 9.88 Å². The molecule has 0 atom stereocenters. The number of nitrogens with zero attached hydrogens (tertiary/aromatic N) is 2. The maximum absolute atomic E-state index is 14.4. The molecule has 29 heavy (non-hydrogen) atoms. The van der Waals surface area contributed by atoms with Gasteiger partial charge >= 0.3 is 0 Å². The molecule has 0 bridgehead atoms. The molecule has 3 aromatic carbocycles. The number of fused-ring (bicyclic) bond motifs is 1. The van der Waals surface area contributed by atoms with Crippen molar-refractivity contribution in [3.63, 3.8) is 0 Å². The van der Waals surface area contributed by atoms with Crippen LogP contribution in [0.5, 0.6) is 0 Å². The number of halogens is 2. The van der Waals surface area contributed by atoms with Crippen LogP contribution in [0, 0.1) is 12.7 Å². The maximum atomic E-state index is 14.4. The number of nitrogens with one attached hydrogen (secondary N) is 1. The van der Waals surface area contributed by atoms with E-state index in [4.69, 9.17) is 11.6 Å². The number of aromatic nitrogens is 2. The lowest BCUT2D eigenvalue weighted by Gasteiger charge is -2.12. The molecule has 4 aromatic rings. The van der Waals surface area contributed by atoms with E-state index in [0.29, 0.717) is 22.0 Å². The first-order valence-corrected chi connectivity index (χ1v) is 9.62. The van der Waals surface area contributed by atoms with Crippen molar-refractivity contribution < 1.29 is 9.18 Å². The fourth-order valence-corrected chi connectivity index (χ4v) is 3.47. The van der Waals surface area contributed by atoms with E-state index >= 15 is 0 Å². The summed E-state index contributed by atoms with van der Waals surface area (Å²) in [5, 5.41) is 3.26. The van der Waals surface area contributed by atoms with Crippen molar-refractivity contribution in [2.24, 2.45) is 0 Å². The monoisotopic (exact) mass is 407 g/mol. The predicted octanol–water partition coefficient (Wildman–Crippen LogP) is 5.12. The smallest absolute Gasteiger partial charge is 0.251 e. The molecule has 146 valence electrons. The Hall–Kier alpha value is -3.18. The SMILES string of the molecule is Cc1ccc(C(=O)NCc2nc3ccccc3n2Cc2c(F)cccc2Cl)cc1. The van der Waals surface area contributed by atoms with Crippen LogP contribution in [0.2, 0.25) is 5.02 Å². The Labute approximate surface area is 173 Å². The minimum Gasteiger partial charge on any atom is -0.345 e. The van der Waals surface area contributed by atoms with Gasteiger partial charge in [-0.05, 0) is 43.3 Å². The number of benzene rings is 3. The van der Waals surface area contributed by atoms with Gasteiger partial charge in [0.05, 0.1) is 24.1 Å². The molecule has 0 aliphatic heterocycles. The third-order valence-corrected chi connectivity index (χ3v) is 5.19. The topological polar surface area (TPSA) is 46.9 Å². The van der Waals surface area contributed by atoms with E-state index < -0.39 is 0 Å². The molecule has 0 aliphatic carbocycles. The average molecular weight is 408 g/mol. The van der Waals surface area contributed by atoms with Crippen LogP contribution < -0.4 is 5.32 Å². The van der Waals surface area contributed by atoms with Gasteiger partial charge in [-0.3, -0.25) is 4.79 Å². The molecular weight excluding hydrogens is 389 g/mol. The molecule has 0 spiro atoms. The van der Waals surface area contributed by atoms with Crippen LogP contribution in [-0.2, 0) is 13.1 Å². The van der Waals surface area contributed by atoms with Crippen LogP contribution in [0.25, 0.3) is 11.0 Å². The number of amides is 1. The molecule has 0 saturated carbocycles. The molecule has 0 radical (unpaired) electrons. The fraction of sp³-hybridized carbons (Fsp3) is 0.130. The van der Waals surface area contributed by atoms with Crippen molar-refractivity contribution in [3.8, 4) is 0 Å². The lowest BCUT2D eigenvalue weighted by Crippen LogP contribution is -2.25. The maximum Gasteiger partial charge on any atom is 0.251 e. The Balaban J connectivity index is 1.64. The van der Waals surface area contributed by atoms with E-state index in [1.54, 1.807) is 24.3 Å². The van der Waals surface area contributed by atoms with Gasteiger partial charge in [0.1, 0.15) is 11.6 Å². The van der Waals surface area contributed by atoms with Crippen LogP contribution >= 0.6 is 11.6 Å². The summed E-state index contributed by atoms with van der Waals surface area (Å²) in [4.78, 5) is 17.1. The van der Waals surface area contributed by atoms with Crippen molar-refractivity contribution in [2.75, 3.05) is 0 Å². The summed E-state index contributed by atoms with van der Waals surface area (Å²) in [6.45, 7) is 2.41. The highest BCUT2D eigenvalue weighted by molar-refractivity contribution is 6.31. The molecule has 0 unspecified atom stereocenters. The molecule has 4 nitrogen and oxygen atoms in total. The Morgan fingerprint density at radius 2 is 1.83 bits per heavy atom. The summed E-state index contributed by atoms with van der Waals surface area (Å²) >= 11 is 6.23. The van der Waals surface area contributed by atoms with Gasteiger partial charge in [-0.15, -0.1) is 0 Å². The Morgan fingerprint density at radius 3 is 2.59 bits per heavy atom. The molecule has 6 heteroatoms. The zero-order valence-corrected chi connectivity index (χ0v) is 16.6. The number of para-hydroxylation sites is 2. The molecule has 4 rings (SSSR count). The lowest BCUT2D eigenvalue weighted by atomic mass is 10.1. The summed E-state index contributed by atoms with van der Waals surface area (Å²) in [5.41, 5.74) is 3.69. The quantitative estimate of drug-likeness (QED) is 0.499. The predicted molar refractivity (Wildman–Crippen MR) is 113 cm³/mol. The second-order valence-corrected chi connectivity index (χ2v) is 7.26. The van der Waals surface area contributed by atoms with E-state index in [9.17, 15) is 9.18 Å². The molecule has 1 amide bonds. The average Bonchev–Trinajstić information content (AvgIpc) is 3.07. The summed E-state index contributed by atoms with van der Waals surface area (Å²) in [6.07, 6.45) is 0. The van der Waals surface area contributed by atoms with E-state index in [0.717, 1.165) is 16.6 Å². The van der Waals surface area contributed by atoms with Gasteiger partial charge in [0, 0.05) is 16.1 Å². The van der Waals surface area contributed by atoms with Crippen molar-refractivity contribution >= 4 is 28.5 Å². The largest absolute Gasteiger partial charge is 0.345 e. The highest BCUT2D eigenvalue weighted by Gasteiger charge is 2.16. The van der Waals surface area contributed by atoms with E-state index in [1.807, 2.05) is 47.9 Å². The first-order chi connectivity index (χ1) is 14.0. The van der Waals surface area contributed by atoms with Crippen LogP contribution in [0.1, 0.15) is 27.3 Å². The lowest BCUT2D eigenvalue weighted by molar-refractivity contribution is 0.0949. The number of imidazole rings is 1. The Morgan fingerprint density at radius 1 is 1.07 bits per heavy atom. The highest BCUT2D eigenvalue weighted by atomic mass is 35.5. The second kappa shape index (κ2) is 8.05. The molecule has 1 aromatic heterocycles. The molecule has 1 N–H and O–H groups in total. The number of hydrogen-bond acceptors (Lipinski definition) is 2. The normalized spacial score (nSPS) is 11.0. The number of carbonyl (C=O) groups excluding carboxylic acids is 1. The van der Waals surface area contributed by atoms with Crippen LogP contribution in [0.4, 0.5) is 4.39 Å². The molecule has 0 saturated heterocycles. The van der Waals surface area contributed by atoms with Crippen LogP contribution in [-0.4, -0.2) is 15.5 Å². The van der Waals surface area contributed by atoms with Crippen molar-refractivity contribution in [1.29, 1.82) is 0 Å². The number of aryl methyl sites for hydroxylation is 1. The first-order valence-electron chi connectivity index (χ1n) is 9.25.